The molecule has 0 aliphatic carbocycles. The first-order chi connectivity index (χ1) is 12.2. The maximum Gasteiger partial charge on any atom is 0.305 e. The Balaban J connectivity index is 3.08. The molecule has 0 bridgehead atoms. The number of hydrogen-bond donors (Lipinski definition) is 0. The average Bonchev–Trinajstić information content (AvgIpc) is 2.59. The van der Waals surface area contributed by atoms with E-state index >= 15 is 0 Å². The first-order valence-corrected chi connectivity index (χ1v) is 11.3. The lowest BCUT2D eigenvalue weighted by molar-refractivity contribution is -0.144. The zero-order chi connectivity index (χ0) is 18.6. The molecule has 0 aromatic rings. The second kappa shape index (κ2) is 19.8. The molecule has 0 amide bonds. The second-order valence-electron chi connectivity index (χ2n) is 8.10. The molecule has 0 heterocycles. The Hall–Kier alpha value is -0.530. The van der Waals surface area contributed by atoms with Crippen molar-refractivity contribution in [3.05, 3.63) is 0 Å². The van der Waals surface area contributed by atoms with Gasteiger partial charge in [0.25, 0.3) is 0 Å². The molecule has 0 rings (SSSR count). The van der Waals surface area contributed by atoms with Gasteiger partial charge in [-0.2, -0.15) is 0 Å². The van der Waals surface area contributed by atoms with Crippen molar-refractivity contribution in [3.8, 4) is 0 Å². The van der Waals surface area contributed by atoms with E-state index in [0.717, 1.165) is 12.8 Å². The van der Waals surface area contributed by atoms with Gasteiger partial charge in [0.05, 0.1) is 6.61 Å². The average molecular weight is 355 g/mol. The fraction of sp³-hybridized carbons (Fsp3) is 0.957. The number of hydrogen-bond acceptors (Lipinski definition) is 2. The zero-order valence-electron chi connectivity index (χ0n) is 17.6. The SMILES string of the molecule is CCCCCCCCCCCCCCCCCOC(=O)CCC(C)C. The van der Waals surface area contributed by atoms with Crippen LogP contribution in [0.2, 0.25) is 0 Å². The van der Waals surface area contributed by atoms with Crippen molar-refractivity contribution < 1.29 is 9.53 Å². The highest BCUT2D eigenvalue weighted by Gasteiger charge is 2.04. The van der Waals surface area contributed by atoms with Gasteiger partial charge in [-0.15, -0.1) is 0 Å². The van der Waals surface area contributed by atoms with Crippen molar-refractivity contribution in [2.45, 2.75) is 130 Å². The van der Waals surface area contributed by atoms with Crippen LogP contribution in [0.5, 0.6) is 0 Å². The maximum absolute atomic E-state index is 11.5. The van der Waals surface area contributed by atoms with Crippen LogP contribution in [0.25, 0.3) is 0 Å². The van der Waals surface area contributed by atoms with Crippen molar-refractivity contribution in [1.29, 1.82) is 0 Å². The molecular formula is C23H46O2. The van der Waals surface area contributed by atoms with Gasteiger partial charge < -0.3 is 4.74 Å². The molecule has 0 fully saturated rings. The third-order valence-electron chi connectivity index (χ3n) is 4.94. The molecule has 2 nitrogen and oxygen atoms in total. The summed E-state index contributed by atoms with van der Waals surface area (Å²) in [6, 6.07) is 0. The van der Waals surface area contributed by atoms with Crippen molar-refractivity contribution in [3.63, 3.8) is 0 Å². The molecule has 0 aromatic carbocycles. The van der Waals surface area contributed by atoms with Gasteiger partial charge in [-0.05, 0) is 18.8 Å². The van der Waals surface area contributed by atoms with E-state index < -0.39 is 0 Å². The topological polar surface area (TPSA) is 26.3 Å². The minimum Gasteiger partial charge on any atom is -0.466 e. The number of carbonyl (C=O) groups is 1. The van der Waals surface area contributed by atoms with E-state index in [1.165, 1.54) is 89.9 Å². The van der Waals surface area contributed by atoms with E-state index in [-0.39, 0.29) is 5.97 Å². The molecule has 0 saturated carbocycles. The predicted octanol–water partition coefficient (Wildman–Crippen LogP) is 7.84. The lowest BCUT2D eigenvalue weighted by Gasteiger charge is -2.06. The monoisotopic (exact) mass is 354 g/mol. The highest BCUT2D eigenvalue weighted by atomic mass is 16.5. The van der Waals surface area contributed by atoms with Crippen LogP contribution in [-0.4, -0.2) is 12.6 Å². The summed E-state index contributed by atoms with van der Waals surface area (Å²) < 4.78 is 5.27. The summed E-state index contributed by atoms with van der Waals surface area (Å²) in [7, 11) is 0. The largest absolute Gasteiger partial charge is 0.466 e. The first kappa shape index (κ1) is 24.5. The lowest BCUT2D eigenvalue weighted by atomic mass is 10.0. The summed E-state index contributed by atoms with van der Waals surface area (Å²) >= 11 is 0. The lowest BCUT2D eigenvalue weighted by Crippen LogP contribution is -2.06. The number of unbranched alkanes of at least 4 members (excludes halogenated alkanes) is 14. The Morgan fingerprint density at radius 1 is 0.680 bits per heavy atom. The van der Waals surface area contributed by atoms with E-state index in [0.29, 0.717) is 18.9 Å². The molecule has 0 N–H and O–H groups in total. The normalized spacial score (nSPS) is 11.2. The summed E-state index contributed by atoms with van der Waals surface area (Å²) in [6.45, 7) is 7.18. The van der Waals surface area contributed by atoms with Crippen LogP contribution in [0.1, 0.15) is 130 Å². The second-order valence-corrected chi connectivity index (χ2v) is 8.10. The van der Waals surface area contributed by atoms with Crippen molar-refractivity contribution in [2.75, 3.05) is 6.61 Å². The predicted molar refractivity (Wildman–Crippen MR) is 110 cm³/mol. The summed E-state index contributed by atoms with van der Waals surface area (Å²) in [6.07, 6.45) is 22.0. The minimum absolute atomic E-state index is 0.0148. The summed E-state index contributed by atoms with van der Waals surface area (Å²) in [5.41, 5.74) is 0. The molecule has 0 unspecified atom stereocenters. The number of rotatable bonds is 19. The Morgan fingerprint density at radius 2 is 1.08 bits per heavy atom. The third kappa shape index (κ3) is 21.4. The molecule has 150 valence electrons. The molecule has 0 saturated heterocycles. The minimum atomic E-state index is -0.0148. The summed E-state index contributed by atoms with van der Waals surface area (Å²) in [5.74, 6) is 0.567. The number of ether oxygens (including phenoxy) is 1. The summed E-state index contributed by atoms with van der Waals surface area (Å²) in [5, 5.41) is 0. The van der Waals surface area contributed by atoms with Gasteiger partial charge in [0.2, 0.25) is 0 Å². The Bertz CT molecular complexity index is 273. The van der Waals surface area contributed by atoms with Crippen LogP contribution in [0.15, 0.2) is 0 Å². The first-order valence-electron chi connectivity index (χ1n) is 11.3. The van der Waals surface area contributed by atoms with Crippen LogP contribution in [0.3, 0.4) is 0 Å². The van der Waals surface area contributed by atoms with E-state index in [4.69, 9.17) is 4.74 Å². The molecule has 0 atom stereocenters. The maximum atomic E-state index is 11.5. The number of esters is 1. The fourth-order valence-electron chi connectivity index (χ4n) is 3.14. The van der Waals surface area contributed by atoms with Crippen LogP contribution >= 0.6 is 0 Å². The van der Waals surface area contributed by atoms with Crippen molar-refractivity contribution in [2.24, 2.45) is 5.92 Å². The highest BCUT2D eigenvalue weighted by molar-refractivity contribution is 5.69. The van der Waals surface area contributed by atoms with Crippen LogP contribution in [0, 0.1) is 5.92 Å². The molecule has 0 radical (unpaired) electrons. The quantitative estimate of drug-likeness (QED) is 0.174. The molecule has 0 aliphatic rings. The highest BCUT2D eigenvalue weighted by Crippen LogP contribution is 2.13. The van der Waals surface area contributed by atoms with Crippen molar-refractivity contribution >= 4 is 5.97 Å². The van der Waals surface area contributed by atoms with Crippen LogP contribution in [0.4, 0.5) is 0 Å². The molecular weight excluding hydrogens is 308 g/mol. The zero-order valence-corrected chi connectivity index (χ0v) is 17.6. The Labute approximate surface area is 158 Å². The van der Waals surface area contributed by atoms with Crippen molar-refractivity contribution in [1.82, 2.24) is 0 Å². The van der Waals surface area contributed by atoms with Gasteiger partial charge in [0.1, 0.15) is 0 Å². The van der Waals surface area contributed by atoms with Gasteiger partial charge in [-0.25, -0.2) is 0 Å². The van der Waals surface area contributed by atoms with Gasteiger partial charge in [-0.1, -0.05) is 111 Å². The molecule has 0 aromatic heterocycles. The Morgan fingerprint density at radius 3 is 1.48 bits per heavy atom. The fourth-order valence-corrected chi connectivity index (χ4v) is 3.14. The Kier molecular flexibility index (Phi) is 19.4. The molecule has 0 aliphatic heterocycles. The van der Waals surface area contributed by atoms with E-state index in [2.05, 4.69) is 20.8 Å². The third-order valence-corrected chi connectivity index (χ3v) is 4.94. The molecule has 2 heteroatoms. The smallest absolute Gasteiger partial charge is 0.305 e. The van der Waals surface area contributed by atoms with Gasteiger partial charge in [0, 0.05) is 6.42 Å². The van der Waals surface area contributed by atoms with E-state index in [1.54, 1.807) is 0 Å². The summed E-state index contributed by atoms with van der Waals surface area (Å²) in [4.78, 5) is 11.5. The van der Waals surface area contributed by atoms with E-state index in [1.807, 2.05) is 0 Å². The molecule has 25 heavy (non-hydrogen) atoms. The molecule has 0 spiro atoms. The van der Waals surface area contributed by atoms with Crippen LogP contribution in [-0.2, 0) is 9.53 Å². The van der Waals surface area contributed by atoms with Gasteiger partial charge >= 0.3 is 5.97 Å². The van der Waals surface area contributed by atoms with Gasteiger partial charge in [0.15, 0.2) is 0 Å². The standard InChI is InChI=1S/C23H46O2/c1-4-5-6-7-8-9-10-11-12-13-14-15-16-17-18-21-25-23(24)20-19-22(2)3/h22H,4-21H2,1-3H3. The van der Waals surface area contributed by atoms with E-state index in [9.17, 15) is 4.79 Å². The number of carbonyl (C=O) groups excluding carboxylic acids is 1. The van der Waals surface area contributed by atoms with Gasteiger partial charge in [-0.3, -0.25) is 4.79 Å². The van der Waals surface area contributed by atoms with Crippen LogP contribution < -0.4 is 0 Å².